The lowest BCUT2D eigenvalue weighted by molar-refractivity contribution is -0.128. The third kappa shape index (κ3) is 2.80. The van der Waals surface area contributed by atoms with Gasteiger partial charge in [-0.15, -0.1) is 0 Å². The van der Waals surface area contributed by atoms with Crippen LogP contribution in [0.1, 0.15) is 22.8 Å². The first-order chi connectivity index (χ1) is 11.7. The van der Waals surface area contributed by atoms with E-state index < -0.39 is 6.04 Å². The minimum absolute atomic E-state index is 0.0284. The Hall–Kier alpha value is -2.95. The third-order valence-electron chi connectivity index (χ3n) is 4.10. The van der Waals surface area contributed by atoms with Crippen molar-refractivity contribution >= 4 is 23.6 Å². The fourth-order valence-corrected chi connectivity index (χ4v) is 2.84. The summed E-state index contributed by atoms with van der Waals surface area (Å²) in [6.45, 7) is 2.43. The number of hydrogen-bond donors (Lipinski definition) is 1. The number of hydrogen-bond acceptors (Lipinski definition) is 3. The highest BCUT2D eigenvalue weighted by Crippen LogP contribution is 2.34. The first-order valence-corrected chi connectivity index (χ1v) is 7.85. The second-order valence-corrected chi connectivity index (χ2v) is 5.59. The normalized spacial score (nSPS) is 19.3. The van der Waals surface area contributed by atoms with E-state index in [-0.39, 0.29) is 11.8 Å². The van der Waals surface area contributed by atoms with Gasteiger partial charge < -0.3 is 10.2 Å². The standard InChI is InChI=1S/C19H19N3O2/c1-3-4-10-22-12-16(15-8-9-21-17(15)19(22)24)13-6-5-7-14(11-13)18(23)20-2/h3-9,11-12,17H,10H2,1-2H3,(H,20,23). The Bertz CT molecular complexity index is 803. The summed E-state index contributed by atoms with van der Waals surface area (Å²) in [5.41, 5.74) is 3.29. The number of allylic oxidation sites excluding steroid dienone is 2. The van der Waals surface area contributed by atoms with Crippen LogP contribution in [0.3, 0.4) is 0 Å². The fraction of sp³-hybridized carbons (Fsp3) is 0.211. The van der Waals surface area contributed by atoms with Crippen LogP contribution in [0.15, 0.2) is 59.3 Å². The summed E-state index contributed by atoms with van der Waals surface area (Å²) in [5.74, 6) is -0.164. The quantitative estimate of drug-likeness (QED) is 0.864. The third-order valence-corrected chi connectivity index (χ3v) is 4.10. The van der Waals surface area contributed by atoms with Crippen molar-refractivity contribution in [3.63, 3.8) is 0 Å². The second kappa shape index (κ2) is 6.66. The van der Waals surface area contributed by atoms with Crippen molar-refractivity contribution in [3.05, 3.63) is 65.4 Å². The van der Waals surface area contributed by atoms with Crippen LogP contribution >= 0.6 is 0 Å². The van der Waals surface area contributed by atoms with Crippen molar-refractivity contribution in [1.29, 1.82) is 0 Å². The number of nitrogens with one attached hydrogen (secondary N) is 1. The largest absolute Gasteiger partial charge is 0.355 e. The van der Waals surface area contributed by atoms with Crippen LogP contribution < -0.4 is 5.32 Å². The second-order valence-electron chi connectivity index (χ2n) is 5.59. The number of fused-ring (bicyclic) bond motifs is 1. The zero-order chi connectivity index (χ0) is 17.1. The molecule has 0 radical (unpaired) electrons. The minimum atomic E-state index is -0.487. The van der Waals surface area contributed by atoms with Gasteiger partial charge in [-0.05, 0) is 36.3 Å². The minimum Gasteiger partial charge on any atom is -0.355 e. The first kappa shape index (κ1) is 15.9. The van der Waals surface area contributed by atoms with Crippen molar-refractivity contribution in [3.8, 4) is 0 Å². The van der Waals surface area contributed by atoms with Gasteiger partial charge in [0, 0.05) is 37.1 Å². The highest BCUT2D eigenvalue weighted by molar-refractivity contribution is 6.04. The maximum atomic E-state index is 12.5. The highest BCUT2D eigenvalue weighted by atomic mass is 16.2. The van der Waals surface area contributed by atoms with E-state index in [0.29, 0.717) is 12.1 Å². The predicted molar refractivity (Wildman–Crippen MR) is 94.7 cm³/mol. The Morgan fingerprint density at radius 3 is 3.00 bits per heavy atom. The number of nitrogens with zero attached hydrogens (tertiary/aromatic N) is 2. The molecule has 122 valence electrons. The van der Waals surface area contributed by atoms with E-state index in [2.05, 4.69) is 10.3 Å². The molecule has 0 bridgehead atoms. The Kier molecular flexibility index (Phi) is 4.42. The lowest BCUT2D eigenvalue weighted by Gasteiger charge is -2.29. The SMILES string of the molecule is CC=CCN1C=C(c2cccc(C(=O)NC)c2)C2=CC=NC2C1=O. The van der Waals surface area contributed by atoms with E-state index >= 15 is 0 Å². The fourth-order valence-electron chi connectivity index (χ4n) is 2.84. The molecule has 0 aromatic heterocycles. The highest BCUT2D eigenvalue weighted by Gasteiger charge is 2.34. The Morgan fingerprint density at radius 2 is 2.25 bits per heavy atom. The summed E-state index contributed by atoms with van der Waals surface area (Å²) < 4.78 is 0. The summed E-state index contributed by atoms with van der Waals surface area (Å²) in [6, 6.07) is 6.91. The zero-order valence-electron chi connectivity index (χ0n) is 13.7. The Balaban J connectivity index is 2.04. The van der Waals surface area contributed by atoms with Crippen LogP contribution in [-0.4, -0.2) is 42.6 Å². The molecule has 0 fully saturated rings. The average Bonchev–Trinajstić information content (AvgIpc) is 3.11. The van der Waals surface area contributed by atoms with Gasteiger partial charge in [-0.25, -0.2) is 0 Å². The number of benzene rings is 1. The molecule has 1 atom stereocenters. The predicted octanol–water partition coefficient (Wildman–Crippen LogP) is 2.18. The molecule has 0 saturated carbocycles. The number of rotatable bonds is 4. The summed E-state index contributed by atoms with van der Waals surface area (Å²) in [5, 5.41) is 2.63. The maximum Gasteiger partial charge on any atom is 0.256 e. The van der Waals surface area contributed by atoms with Crippen LogP contribution in [0.4, 0.5) is 0 Å². The maximum absolute atomic E-state index is 12.5. The van der Waals surface area contributed by atoms with Crippen LogP contribution in [-0.2, 0) is 4.79 Å². The molecule has 24 heavy (non-hydrogen) atoms. The van der Waals surface area contributed by atoms with E-state index in [4.69, 9.17) is 0 Å². The van der Waals surface area contributed by atoms with Gasteiger partial charge in [-0.1, -0.05) is 24.3 Å². The number of carbonyl (C=O) groups is 2. The van der Waals surface area contributed by atoms with Crippen LogP contribution in [0.25, 0.3) is 5.57 Å². The van der Waals surface area contributed by atoms with Gasteiger partial charge in [0.05, 0.1) is 0 Å². The smallest absolute Gasteiger partial charge is 0.256 e. The zero-order valence-corrected chi connectivity index (χ0v) is 13.7. The van der Waals surface area contributed by atoms with E-state index in [1.165, 1.54) is 0 Å². The molecule has 5 nitrogen and oxygen atoms in total. The van der Waals surface area contributed by atoms with Crippen LogP contribution in [0, 0.1) is 0 Å². The van der Waals surface area contributed by atoms with Crippen molar-refractivity contribution in [2.75, 3.05) is 13.6 Å². The molecular formula is C19H19N3O2. The first-order valence-electron chi connectivity index (χ1n) is 7.85. The van der Waals surface area contributed by atoms with Crippen molar-refractivity contribution < 1.29 is 9.59 Å². The van der Waals surface area contributed by atoms with Crippen molar-refractivity contribution in [1.82, 2.24) is 10.2 Å². The van der Waals surface area contributed by atoms with Gasteiger partial charge in [0.25, 0.3) is 11.8 Å². The topological polar surface area (TPSA) is 61.8 Å². The van der Waals surface area contributed by atoms with E-state index in [1.54, 1.807) is 24.2 Å². The van der Waals surface area contributed by atoms with Crippen molar-refractivity contribution in [2.24, 2.45) is 4.99 Å². The lowest BCUT2D eigenvalue weighted by atomic mass is 9.90. The molecule has 2 aliphatic rings. The molecule has 2 heterocycles. The molecule has 2 amide bonds. The molecule has 0 spiro atoms. The van der Waals surface area contributed by atoms with E-state index in [1.807, 2.05) is 49.6 Å². The molecule has 0 saturated heterocycles. The lowest BCUT2D eigenvalue weighted by Crippen LogP contribution is -2.39. The molecule has 1 unspecified atom stereocenters. The Labute approximate surface area is 141 Å². The van der Waals surface area contributed by atoms with Gasteiger partial charge in [0.15, 0.2) is 6.04 Å². The molecule has 1 aromatic carbocycles. The Morgan fingerprint density at radius 1 is 1.42 bits per heavy atom. The van der Waals surface area contributed by atoms with Crippen LogP contribution in [0.5, 0.6) is 0 Å². The van der Waals surface area contributed by atoms with Gasteiger partial charge in [0.2, 0.25) is 0 Å². The van der Waals surface area contributed by atoms with Gasteiger partial charge in [0.1, 0.15) is 0 Å². The van der Waals surface area contributed by atoms with E-state index in [0.717, 1.165) is 16.7 Å². The summed E-state index contributed by atoms with van der Waals surface area (Å²) in [7, 11) is 1.61. The van der Waals surface area contributed by atoms with Crippen LogP contribution in [0.2, 0.25) is 0 Å². The summed E-state index contributed by atoms with van der Waals surface area (Å²) in [4.78, 5) is 30.4. The molecule has 2 aliphatic heterocycles. The van der Waals surface area contributed by atoms with Gasteiger partial charge in [-0.3, -0.25) is 14.6 Å². The number of aliphatic imine (C=N–C) groups is 1. The van der Waals surface area contributed by atoms with Gasteiger partial charge in [-0.2, -0.15) is 0 Å². The monoisotopic (exact) mass is 321 g/mol. The molecule has 0 aliphatic carbocycles. The molecule has 1 aromatic rings. The van der Waals surface area contributed by atoms with E-state index in [9.17, 15) is 9.59 Å². The van der Waals surface area contributed by atoms with Gasteiger partial charge >= 0.3 is 0 Å². The van der Waals surface area contributed by atoms with Crippen molar-refractivity contribution in [2.45, 2.75) is 13.0 Å². The number of amides is 2. The molecule has 3 rings (SSSR count). The summed E-state index contributed by atoms with van der Waals surface area (Å²) >= 11 is 0. The average molecular weight is 321 g/mol. The molecule has 1 N–H and O–H groups in total. The molecule has 5 heteroatoms. The molecular weight excluding hydrogens is 302 g/mol. The number of carbonyl (C=O) groups excluding carboxylic acids is 2. The summed E-state index contributed by atoms with van der Waals surface area (Å²) in [6.07, 6.45) is 9.24.